The number of allylic oxidation sites excluding steroid dienone is 2. The van der Waals surface area contributed by atoms with Gasteiger partial charge < -0.3 is 20.3 Å². The molecule has 0 aromatic heterocycles. The molecule has 0 aromatic rings. The lowest BCUT2D eigenvalue weighted by Crippen LogP contribution is -2.45. The van der Waals surface area contributed by atoms with Crippen molar-refractivity contribution in [3.63, 3.8) is 0 Å². The third kappa shape index (κ3) is 48.1. The van der Waals surface area contributed by atoms with E-state index >= 15 is 0 Å². The monoisotopic (exact) mass is 876 g/mol. The molecule has 2 atom stereocenters. The summed E-state index contributed by atoms with van der Waals surface area (Å²) in [6, 6.07) is -0.549. The molecule has 0 rings (SSSR count). The van der Waals surface area contributed by atoms with Gasteiger partial charge in [-0.1, -0.05) is 257 Å². The van der Waals surface area contributed by atoms with E-state index in [4.69, 9.17) is 4.74 Å². The van der Waals surface area contributed by atoms with Crippen LogP contribution in [0.15, 0.2) is 12.2 Å². The smallest absolute Gasteiger partial charge is 0.305 e. The number of aliphatic hydroxyl groups is 2. The lowest BCUT2D eigenvalue weighted by Gasteiger charge is -2.22. The summed E-state index contributed by atoms with van der Waals surface area (Å²) in [5.74, 6) is -0.0427. The van der Waals surface area contributed by atoms with E-state index < -0.39 is 12.1 Å². The van der Waals surface area contributed by atoms with Crippen LogP contribution in [0.5, 0.6) is 0 Å². The first-order valence-corrected chi connectivity index (χ1v) is 27.9. The summed E-state index contributed by atoms with van der Waals surface area (Å²) in [6.07, 6.45) is 60.5. The molecule has 0 aliphatic carbocycles. The van der Waals surface area contributed by atoms with Gasteiger partial charge in [0.2, 0.25) is 5.91 Å². The predicted molar refractivity (Wildman–Crippen MR) is 269 cm³/mol. The fraction of sp³-hybridized carbons (Fsp3) is 0.929. The molecule has 3 N–H and O–H groups in total. The lowest BCUT2D eigenvalue weighted by molar-refractivity contribution is -0.143. The standard InChI is InChI=1S/C56H109NO5/c1-3-5-7-9-11-13-15-17-22-26-30-34-38-42-46-50-56(61)62-51-47-43-39-35-31-27-24-21-19-18-20-23-25-29-33-37-41-45-49-55(60)57-53(52-58)54(59)48-44-40-36-32-28-16-14-12-10-8-6-4-2/h20,23,53-54,58-59H,3-19,21-22,24-52H2,1-2H3,(H,57,60)/b23-20-. The van der Waals surface area contributed by atoms with Crippen molar-refractivity contribution in [2.45, 2.75) is 321 Å². The van der Waals surface area contributed by atoms with Gasteiger partial charge in [-0.3, -0.25) is 9.59 Å². The van der Waals surface area contributed by atoms with Crippen LogP contribution >= 0.6 is 0 Å². The number of carbonyl (C=O) groups excluding carboxylic acids is 2. The summed E-state index contributed by atoms with van der Waals surface area (Å²) in [5.41, 5.74) is 0. The second-order valence-electron chi connectivity index (χ2n) is 19.3. The number of carbonyl (C=O) groups is 2. The summed E-state index contributed by atoms with van der Waals surface area (Å²) in [6.45, 7) is 4.95. The highest BCUT2D eigenvalue weighted by Gasteiger charge is 2.20. The first-order chi connectivity index (χ1) is 30.5. The van der Waals surface area contributed by atoms with Crippen molar-refractivity contribution >= 4 is 11.9 Å². The summed E-state index contributed by atoms with van der Waals surface area (Å²) in [4.78, 5) is 24.5. The van der Waals surface area contributed by atoms with Crippen LogP contribution in [-0.2, 0) is 14.3 Å². The largest absolute Gasteiger partial charge is 0.466 e. The average molecular weight is 876 g/mol. The Morgan fingerprint density at radius 1 is 0.435 bits per heavy atom. The summed E-state index contributed by atoms with van der Waals surface area (Å²) < 4.78 is 5.48. The Balaban J connectivity index is 3.42. The Morgan fingerprint density at radius 2 is 0.758 bits per heavy atom. The lowest BCUT2D eigenvalue weighted by atomic mass is 10.0. The predicted octanol–water partition coefficient (Wildman–Crippen LogP) is 16.9. The van der Waals surface area contributed by atoms with Gasteiger partial charge in [-0.05, 0) is 51.4 Å². The number of hydrogen-bond donors (Lipinski definition) is 3. The maximum atomic E-state index is 12.4. The van der Waals surface area contributed by atoms with E-state index in [0.717, 1.165) is 51.4 Å². The zero-order valence-corrected chi connectivity index (χ0v) is 41.9. The fourth-order valence-corrected chi connectivity index (χ4v) is 8.75. The molecule has 0 heterocycles. The van der Waals surface area contributed by atoms with Crippen LogP contribution in [0.4, 0.5) is 0 Å². The van der Waals surface area contributed by atoms with Gasteiger partial charge >= 0.3 is 5.97 Å². The van der Waals surface area contributed by atoms with E-state index in [1.807, 2.05) is 0 Å². The molecule has 0 spiro atoms. The number of esters is 1. The van der Waals surface area contributed by atoms with Gasteiger partial charge in [0.15, 0.2) is 0 Å². The van der Waals surface area contributed by atoms with E-state index in [2.05, 4.69) is 31.3 Å². The van der Waals surface area contributed by atoms with Crippen LogP contribution in [0.25, 0.3) is 0 Å². The number of ether oxygens (including phenoxy) is 1. The molecule has 0 bridgehead atoms. The molecule has 0 aromatic carbocycles. The van der Waals surface area contributed by atoms with Crippen molar-refractivity contribution in [2.24, 2.45) is 0 Å². The molecule has 6 nitrogen and oxygen atoms in total. The number of unbranched alkanes of at least 4 members (excludes halogenated alkanes) is 39. The second-order valence-corrected chi connectivity index (χ2v) is 19.3. The topological polar surface area (TPSA) is 95.9 Å². The van der Waals surface area contributed by atoms with Crippen molar-refractivity contribution < 1.29 is 24.5 Å². The number of amides is 1. The Labute approximate surface area is 387 Å². The highest BCUT2D eigenvalue weighted by atomic mass is 16.5. The minimum absolute atomic E-state index is 0.00612. The molecule has 0 aliphatic heterocycles. The number of nitrogens with one attached hydrogen (secondary N) is 1. The Morgan fingerprint density at radius 3 is 1.15 bits per heavy atom. The average Bonchev–Trinajstić information content (AvgIpc) is 3.27. The summed E-state index contributed by atoms with van der Waals surface area (Å²) in [5, 5.41) is 23.2. The summed E-state index contributed by atoms with van der Waals surface area (Å²) in [7, 11) is 0. The molecule has 368 valence electrons. The van der Waals surface area contributed by atoms with E-state index in [9.17, 15) is 19.8 Å². The van der Waals surface area contributed by atoms with Gasteiger partial charge in [0.1, 0.15) is 0 Å². The molecule has 1 amide bonds. The molecular weight excluding hydrogens is 767 g/mol. The highest BCUT2D eigenvalue weighted by Crippen LogP contribution is 2.17. The molecule has 0 saturated carbocycles. The van der Waals surface area contributed by atoms with Crippen molar-refractivity contribution in [1.29, 1.82) is 0 Å². The van der Waals surface area contributed by atoms with E-state index in [0.29, 0.717) is 25.9 Å². The Kier molecular flexibility index (Phi) is 51.0. The van der Waals surface area contributed by atoms with Crippen LogP contribution < -0.4 is 5.32 Å². The minimum atomic E-state index is -0.671. The van der Waals surface area contributed by atoms with Crippen LogP contribution in [-0.4, -0.2) is 47.4 Å². The van der Waals surface area contributed by atoms with Gasteiger partial charge in [0, 0.05) is 12.8 Å². The molecule has 0 fully saturated rings. The fourth-order valence-electron chi connectivity index (χ4n) is 8.75. The van der Waals surface area contributed by atoms with Gasteiger partial charge in [-0.25, -0.2) is 0 Å². The van der Waals surface area contributed by atoms with E-state index in [1.165, 1.54) is 225 Å². The van der Waals surface area contributed by atoms with Crippen LogP contribution in [0.2, 0.25) is 0 Å². The van der Waals surface area contributed by atoms with Crippen LogP contribution in [0, 0.1) is 0 Å². The molecule has 6 heteroatoms. The van der Waals surface area contributed by atoms with Crippen molar-refractivity contribution in [2.75, 3.05) is 13.2 Å². The van der Waals surface area contributed by atoms with Gasteiger partial charge in [-0.2, -0.15) is 0 Å². The SMILES string of the molecule is CCCCCCCCCCCCCCCCCC(=O)OCCCCCCCCCCC/C=C\CCCCCCCC(=O)NC(CO)C(O)CCCCCCCCCCCCCC. The quantitative estimate of drug-likeness (QED) is 0.0321. The van der Waals surface area contributed by atoms with Gasteiger partial charge in [0.05, 0.1) is 25.4 Å². The Hall–Kier alpha value is -1.40. The van der Waals surface area contributed by atoms with Gasteiger partial charge in [0.25, 0.3) is 0 Å². The number of hydrogen-bond acceptors (Lipinski definition) is 5. The zero-order chi connectivity index (χ0) is 45.1. The maximum Gasteiger partial charge on any atom is 0.305 e. The third-order valence-electron chi connectivity index (χ3n) is 13.1. The first kappa shape index (κ1) is 60.6. The molecule has 2 unspecified atom stereocenters. The second kappa shape index (κ2) is 52.2. The number of aliphatic hydroxyl groups excluding tert-OH is 2. The first-order valence-electron chi connectivity index (χ1n) is 27.9. The molecule has 62 heavy (non-hydrogen) atoms. The molecular formula is C56H109NO5. The maximum absolute atomic E-state index is 12.4. The Bertz CT molecular complexity index is 924. The third-order valence-corrected chi connectivity index (χ3v) is 13.1. The minimum Gasteiger partial charge on any atom is -0.466 e. The van der Waals surface area contributed by atoms with Crippen LogP contribution in [0.3, 0.4) is 0 Å². The van der Waals surface area contributed by atoms with Crippen LogP contribution in [0.1, 0.15) is 309 Å². The molecule has 0 aliphatic rings. The van der Waals surface area contributed by atoms with Crippen molar-refractivity contribution in [3.05, 3.63) is 12.2 Å². The zero-order valence-electron chi connectivity index (χ0n) is 41.9. The normalized spacial score (nSPS) is 12.6. The molecule has 0 radical (unpaired) electrons. The van der Waals surface area contributed by atoms with Crippen molar-refractivity contribution in [3.8, 4) is 0 Å². The van der Waals surface area contributed by atoms with Gasteiger partial charge in [-0.15, -0.1) is 0 Å². The van der Waals surface area contributed by atoms with E-state index in [1.54, 1.807) is 0 Å². The molecule has 0 saturated heterocycles. The van der Waals surface area contributed by atoms with E-state index in [-0.39, 0.29) is 18.5 Å². The van der Waals surface area contributed by atoms with Crippen molar-refractivity contribution in [1.82, 2.24) is 5.32 Å². The summed E-state index contributed by atoms with van der Waals surface area (Å²) >= 11 is 0. The highest BCUT2D eigenvalue weighted by molar-refractivity contribution is 5.76. The number of rotatable bonds is 52.